The van der Waals surface area contributed by atoms with Crippen LogP contribution in [-0.4, -0.2) is 36.5 Å². The average Bonchev–Trinajstić information content (AvgIpc) is 3.22. The van der Waals surface area contributed by atoms with Gasteiger partial charge >= 0.3 is 0 Å². The van der Waals surface area contributed by atoms with E-state index in [1.807, 2.05) is 6.92 Å². The van der Waals surface area contributed by atoms with Gasteiger partial charge in [-0.25, -0.2) is 4.98 Å². The lowest BCUT2D eigenvalue weighted by Crippen LogP contribution is -2.27. The summed E-state index contributed by atoms with van der Waals surface area (Å²) in [6.07, 6.45) is 3.44. The molecule has 1 aliphatic carbocycles. The fraction of sp³-hybridized carbons (Fsp3) is 0.462. The number of aromatic nitrogens is 1. The average molecular weight is 263 g/mol. The monoisotopic (exact) mass is 263 g/mol. The minimum atomic E-state index is -0.298. The highest BCUT2D eigenvalue weighted by atomic mass is 16.5. The number of nitrogens with one attached hydrogen (secondary N) is 2. The normalized spacial score (nSPS) is 13.8. The molecule has 6 heteroatoms. The van der Waals surface area contributed by atoms with Crippen molar-refractivity contribution in [1.82, 2.24) is 15.6 Å². The lowest BCUT2D eigenvalue weighted by molar-refractivity contribution is 0.0950. The van der Waals surface area contributed by atoms with Crippen LogP contribution in [0.5, 0.6) is 5.88 Å². The summed E-state index contributed by atoms with van der Waals surface area (Å²) in [4.78, 5) is 27.8. The summed E-state index contributed by atoms with van der Waals surface area (Å²) in [5, 5.41) is 5.52. The van der Waals surface area contributed by atoms with Crippen molar-refractivity contribution in [3.05, 3.63) is 23.4 Å². The van der Waals surface area contributed by atoms with Gasteiger partial charge in [0.25, 0.3) is 11.8 Å². The number of nitrogens with zero attached hydrogens (tertiary/aromatic N) is 1. The summed E-state index contributed by atoms with van der Waals surface area (Å²) >= 11 is 0. The number of rotatable bonds is 5. The van der Waals surface area contributed by atoms with E-state index in [1.54, 1.807) is 0 Å². The Hall–Kier alpha value is -2.11. The summed E-state index contributed by atoms with van der Waals surface area (Å²) in [5.41, 5.74) is 0.641. The second-order valence-electron chi connectivity index (χ2n) is 4.39. The van der Waals surface area contributed by atoms with Crippen molar-refractivity contribution in [3.8, 4) is 5.88 Å². The molecule has 2 amide bonds. The SMILES string of the molecule is CCNC(=O)c1cc(C(=O)NC2CC2)cnc1OC. The minimum absolute atomic E-state index is 0.205. The molecule has 102 valence electrons. The molecule has 0 atom stereocenters. The van der Waals surface area contributed by atoms with Crippen LogP contribution in [0, 0.1) is 0 Å². The van der Waals surface area contributed by atoms with E-state index >= 15 is 0 Å². The molecule has 1 saturated carbocycles. The second kappa shape index (κ2) is 5.69. The maximum absolute atomic E-state index is 11.9. The second-order valence-corrected chi connectivity index (χ2v) is 4.39. The van der Waals surface area contributed by atoms with Crippen LogP contribution in [0.3, 0.4) is 0 Å². The molecule has 2 N–H and O–H groups in total. The number of pyridine rings is 1. The first-order valence-electron chi connectivity index (χ1n) is 6.28. The fourth-order valence-electron chi connectivity index (χ4n) is 1.65. The molecule has 0 aromatic carbocycles. The van der Waals surface area contributed by atoms with E-state index in [1.165, 1.54) is 19.4 Å². The molecule has 1 aliphatic rings. The van der Waals surface area contributed by atoms with Crippen LogP contribution in [-0.2, 0) is 0 Å². The van der Waals surface area contributed by atoms with Crippen LogP contribution in [0.15, 0.2) is 12.3 Å². The smallest absolute Gasteiger partial charge is 0.256 e. The molecule has 0 radical (unpaired) electrons. The summed E-state index contributed by atoms with van der Waals surface area (Å²) < 4.78 is 5.04. The Kier molecular flexibility index (Phi) is 3.99. The third-order valence-electron chi connectivity index (χ3n) is 2.80. The van der Waals surface area contributed by atoms with Gasteiger partial charge in [-0.05, 0) is 25.8 Å². The van der Waals surface area contributed by atoms with Crippen LogP contribution in [0.25, 0.3) is 0 Å². The molecular weight excluding hydrogens is 246 g/mol. The van der Waals surface area contributed by atoms with Crippen LogP contribution < -0.4 is 15.4 Å². The maximum Gasteiger partial charge on any atom is 0.256 e. The number of carbonyl (C=O) groups is 2. The molecule has 2 rings (SSSR count). The molecule has 0 unspecified atom stereocenters. The van der Waals surface area contributed by atoms with Crippen LogP contribution >= 0.6 is 0 Å². The van der Waals surface area contributed by atoms with E-state index in [2.05, 4.69) is 15.6 Å². The number of amides is 2. The van der Waals surface area contributed by atoms with Gasteiger partial charge in [0.05, 0.1) is 12.7 Å². The van der Waals surface area contributed by atoms with E-state index < -0.39 is 0 Å². The van der Waals surface area contributed by atoms with Gasteiger partial charge in [0.2, 0.25) is 5.88 Å². The number of hydrogen-bond acceptors (Lipinski definition) is 4. The van der Waals surface area contributed by atoms with Crippen molar-refractivity contribution in [3.63, 3.8) is 0 Å². The summed E-state index contributed by atoms with van der Waals surface area (Å²) in [6, 6.07) is 1.77. The Balaban J connectivity index is 2.23. The third kappa shape index (κ3) is 3.21. The Bertz CT molecular complexity index is 498. The predicted octanol–water partition coefficient (Wildman–Crippen LogP) is 0.732. The van der Waals surface area contributed by atoms with Gasteiger partial charge in [-0.15, -0.1) is 0 Å². The molecule has 1 fully saturated rings. The summed E-state index contributed by atoms with van der Waals surface area (Å²) in [6.45, 7) is 2.32. The Labute approximate surface area is 111 Å². The predicted molar refractivity (Wildman–Crippen MR) is 69.3 cm³/mol. The highest BCUT2D eigenvalue weighted by Gasteiger charge is 2.25. The van der Waals surface area contributed by atoms with E-state index in [-0.39, 0.29) is 29.3 Å². The number of methoxy groups -OCH3 is 1. The summed E-state index contributed by atoms with van der Waals surface area (Å²) in [5.74, 6) is -0.287. The van der Waals surface area contributed by atoms with Crippen molar-refractivity contribution >= 4 is 11.8 Å². The first kappa shape index (κ1) is 13.3. The molecule has 1 aromatic rings. The lowest BCUT2D eigenvalue weighted by atomic mass is 10.1. The van der Waals surface area contributed by atoms with E-state index in [0.717, 1.165) is 12.8 Å². The van der Waals surface area contributed by atoms with E-state index in [0.29, 0.717) is 12.1 Å². The number of ether oxygens (including phenoxy) is 1. The molecule has 0 saturated heterocycles. The van der Waals surface area contributed by atoms with Gasteiger partial charge in [-0.2, -0.15) is 0 Å². The van der Waals surface area contributed by atoms with Gasteiger partial charge in [0, 0.05) is 18.8 Å². The first-order valence-corrected chi connectivity index (χ1v) is 6.28. The maximum atomic E-state index is 11.9. The van der Waals surface area contributed by atoms with Gasteiger partial charge in [-0.3, -0.25) is 9.59 Å². The number of carbonyl (C=O) groups excluding carboxylic acids is 2. The van der Waals surface area contributed by atoms with Crippen molar-refractivity contribution < 1.29 is 14.3 Å². The fourth-order valence-corrected chi connectivity index (χ4v) is 1.65. The first-order chi connectivity index (χ1) is 9.15. The minimum Gasteiger partial charge on any atom is -0.480 e. The van der Waals surface area contributed by atoms with Crippen LogP contribution in [0.2, 0.25) is 0 Å². The Morgan fingerprint density at radius 3 is 2.74 bits per heavy atom. The zero-order valence-corrected chi connectivity index (χ0v) is 11.0. The lowest BCUT2D eigenvalue weighted by Gasteiger charge is -2.09. The Morgan fingerprint density at radius 1 is 1.42 bits per heavy atom. The number of hydrogen-bond donors (Lipinski definition) is 2. The quantitative estimate of drug-likeness (QED) is 0.820. The van der Waals surface area contributed by atoms with Gasteiger partial charge in [0.1, 0.15) is 5.56 Å². The van der Waals surface area contributed by atoms with E-state index in [9.17, 15) is 9.59 Å². The molecule has 0 aliphatic heterocycles. The van der Waals surface area contributed by atoms with E-state index in [4.69, 9.17) is 4.74 Å². The molecule has 1 heterocycles. The zero-order valence-electron chi connectivity index (χ0n) is 11.0. The van der Waals surface area contributed by atoms with Gasteiger partial charge in [-0.1, -0.05) is 0 Å². The van der Waals surface area contributed by atoms with Crippen LogP contribution in [0.1, 0.15) is 40.5 Å². The molecule has 0 spiro atoms. The van der Waals surface area contributed by atoms with Crippen LogP contribution in [0.4, 0.5) is 0 Å². The third-order valence-corrected chi connectivity index (χ3v) is 2.80. The molecule has 1 aromatic heterocycles. The van der Waals surface area contributed by atoms with Crippen molar-refractivity contribution in [2.24, 2.45) is 0 Å². The van der Waals surface area contributed by atoms with Crippen molar-refractivity contribution in [2.45, 2.75) is 25.8 Å². The molecule has 0 bridgehead atoms. The highest BCUT2D eigenvalue weighted by Crippen LogP contribution is 2.20. The van der Waals surface area contributed by atoms with Gasteiger partial charge < -0.3 is 15.4 Å². The molecular formula is C13H17N3O3. The zero-order chi connectivity index (χ0) is 13.8. The summed E-state index contributed by atoms with van der Waals surface area (Å²) in [7, 11) is 1.44. The van der Waals surface area contributed by atoms with Gasteiger partial charge in [0.15, 0.2) is 0 Å². The highest BCUT2D eigenvalue weighted by molar-refractivity contribution is 6.00. The van der Waals surface area contributed by atoms with Crippen molar-refractivity contribution in [1.29, 1.82) is 0 Å². The Morgan fingerprint density at radius 2 is 2.16 bits per heavy atom. The largest absolute Gasteiger partial charge is 0.480 e. The molecule has 19 heavy (non-hydrogen) atoms. The topological polar surface area (TPSA) is 80.3 Å². The van der Waals surface area contributed by atoms with Crippen molar-refractivity contribution in [2.75, 3.05) is 13.7 Å². The molecule has 6 nitrogen and oxygen atoms in total. The standard InChI is InChI=1S/C13H17N3O3/c1-3-14-12(18)10-6-8(7-15-13(10)19-2)11(17)16-9-4-5-9/h6-7,9H,3-5H2,1-2H3,(H,14,18)(H,16,17).